The summed E-state index contributed by atoms with van der Waals surface area (Å²) in [6, 6.07) is 20.6. The van der Waals surface area contributed by atoms with Crippen molar-refractivity contribution in [3.05, 3.63) is 94.5 Å². The van der Waals surface area contributed by atoms with Gasteiger partial charge in [0.15, 0.2) is 0 Å². The van der Waals surface area contributed by atoms with Crippen molar-refractivity contribution in [3.63, 3.8) is 0 Å². The predicted molar refractivity (Wildman–Crippen MR) is 132 cm³/mol. The van der Waals surface area contributed by atoms with Gasteiger partial charge in [-0.1, -0.05) is 35.9 Å². The number of carbonyl (C=O) groups is 3. The summed E-state index contributed by atoms with van der Waals surface area (Å²) < 4.78 is 0. The van der Waals surface area contributed by atoms with Crippen molar-refractivity contribution >= 4 is 40.7 Å². The van der Waals surface area contributed by atoms with Gasteiger partial charge in [-0.05, 0) is 62.4 Å². The molecule has 0 aliphatic heterocycles. The minimum atomic E-state index is -0.383. The van der Waals surface area contributed by atoms with Crippen LogP contribution in [0.15, 0.2) is 72.8 Å². The zero-order valence-electron chi connectivity index (χ0n) is 18.8. The van der Waals surface area contributed by atoms with Crippen molar-refractivity contribution in [1.29, 1.82) is 0 Å². The largest absolute Gasteiger partial charge is 0.339 e. The summed E-state index contributed by atoms with van der Waals surface area (Å²) >= 11 is 6.32. The molecule has 0 fully saturated rings. The van der Waals surface area contributed by atoms with E-state index in [1.165, 1.54) is 4.90 Å². The average Bonchev–Trinajstić information content (AvgIpc) is 2.84. The number of rotatable bonds is 7. The Balaban J connectivity index is 1.75. The van der Waals surface area contributed by atoms with Crippen molar-refractivity contribution < 1.29 is 14.4 Å². The molecule has 0 aliphatic carbocycles. The summed E-state index contributed by atoms with van der Waals surface area (Å²) in [5.74, 6) is -0.763. The third-order valence-electron chi connectivity index (χ3n) is 5.33. The van der Waals surface area contributed by atoms with E-state index in [0.29, 0.717) is 35.5 Å². The average molecular weight is 464 g/mol. The number of hydrogen-bond donors (Lipinski definition) is 1. The van der Waals surface area contributed by atoms with E-state index in [0.717, 1.165) is 5.69 Å². The van der Waals surface area contributed by atoms with Crippen LogP contribution in [0, 0.1) is 0 Å². The van der Waals surface area contributed by atoms with Gasteiger partial charge in [0.2, 0.25) is 0 Å². The number of benzene rings is 3. The number of nitrogens with one attached hydrogen (secondary N) is 1. The van der Waals surface area contributed by atoms with E-state index in [2.05, 4.69) is 5.32 Å². The molecule has 0 aliphatic rings. The van der Waals surface area contributed by atoms with Crippen LogP contribution >= 0.6 is 11.6 Å². The lowest BCUT2D eigenvalue weighted by Crippen LogP contribution is -2.30. The van der Waals surface area contributed by atoms with Crippen LogP contribution in [-0.2, 0) is 0 Å². The third kappa shape index (κ3) is 5.59. The maximum Gasteiger partial charge on any atom is 0.258 e. The SMILES string of the molecule is CCN(CC)C(=O)c1ccc(NC(=O)c2cccc(C(=O)N(C)c3ccccc3)c2)cc1Cl. The third-order valence-corrected chi connectivity index (χ3v) is 5.64. The smallest absolute Gasteiger partial charge is 0.258 e. The molecule has 7 heteroatoms. The summed E-state index contributed by atoms with van der Waals surface area (Å²) in [5.41, 5.74) is 2.33. The van der Waals surface area contributed by atoms with Gasteiger partial charge in [0.25, 0.3) is 17.7 Å². The van der Waals surface area contributed by atoms with Crippen molar-refractivity contribution in [2.45, 2.75) is 13.8 Å². The van der Waals surface area contributed by atoms with Crippen LogP contribution in [0.25, 0.3) is 0 Å². The molecule has 0 aromatic heterocycles. The molecule has 3 amide bonds. The van der Waals surface area contributed by atoms with E-state index < -0.39 is 0 Å². The van der Waals surface area contributed by atoms with Crippen LogP contribution in [0.1, 0.15) is 44.9 Å². The van der Waals surface area contributed by atoms with E-state index in [9.17, 15) is 14.4 Å². The molecule has 0 unspecified atom stereocenters. The Morgan fingerprint density at radius 3 is 2.12 bits per heavy atom. The van der Waals surface area contributed by atoms with E-state index in [1.54, 1.807) is 54.4 Å². The number of nitrogens with zero attached hydrogens (tertiary/aromatic N) is 2. The Kier molecular flexibility index (Phi) is 7.85. The van der Waals surface area contributed by atoms with E-state index in [-0.39, 0.29) is 22.7 Å². The second-order valence-corrected chi connectivity index (χ2v) is 7.81. The van der Waals surface area contributed by atoms with Gasteiger partial charge in [0.05, 0.1) is 10.6 Å². The number of carbonyl (C=O) groups excluding carboxylic acids is 3. The quantitative estimate of drug-likeness (QED) is 0.513. The van der Waals surface area contributed by atoms with Crippen LogP contribution in [-0.4, -0.2) is 42.8 Å². The first-order valence-electron chi connectivity index (χ1n) is 10.7. The summed E-state index contributed by atoms with van der Waals surface area (Å²) in [6.45, 7) is 4.97. The van der Waals surface area contributed by atoms with E-state index in [1.807, 2.05) is 44.2 Å². The highest BCUT2D eigenvalue weighted by atomic mass is 35.5. The Morgan fingerprint density at radius 1 is 0.818 bits per heavy atom. The molecule has 1 N–H and O–H groups in total. The lowest BCUT2D eigenvalue weighted by Gasteiger charge is -2.19. The molecule has 3 aromatic rings. The van der Waals surface area contributed by atoms with Gasteiger partial charge in [0, 0.05) is 42.6 Å². The molecule has 0 radical (unpaired) electrons. The molecule has 0 atom stereocenters. The maximum absolute atomic E-state index is 12.9. The molecule has 0 saturated carbocycles. The number of hydrogen-bond acceptors (Lipinski definition) is 3. The highest BCUT2D eigenvalue weighted by Gasteiger charge is 2.18. The van der Waals surface area contributed by atoms with Crippen LogP contribution in [0.4, 0.5) is 11.4 Å². The van der Waals surface area contributed by atoms with Gasteiger partial charge in [-0.2, -0.15) is 0 Å². The van der Waals surface area contributed by atoms with Crippen LogP contribution in [0.5, 0.6) is 0 Å². The second-order valence-electron chi connectivity index (χ2n) is 7.41. The van der Waals surface area contributed by atoms with E-state index in [4.69, 9.17) is 11.6 Å². The zero-order chi connectivity index (χ0) is 24.0. The normalized spacial score (nSPS) is 10.4. The number of halogens is 1. The first-order valence-corrected chi connectivity index (χ1v) is 11.1. The lowest BCUT2D eigenvalue weighted by molar-refractivity contribution is 0.0772. The summed E-state index contributed by atoms with van der Waals surface area (Å²) in [7, 11) is 1.69. The lowest BCUT2D eigenvalue weighted by atomic mass is 10.1. The molecular weight excluding hydrogens is 438 g/mol. The summed E-state index contributed by atoms with van der Waals surface area (Å²) in [6.07, 6.45) is 0. The van der Waals surface area contributed by atoms with Gasteiger partial charge in [0.1, 0.15) is 0 Å². The molecule has 3 aromatic carbocycles. The van der Waals surface area contributed by atoms with Gasteiger partial charge in [-0.3, -0.25) is 14.4 Å². The summed E-state index contributed by atoms with van der Waals surface area (Å²) in [5, 5.41) is 3.04. The molecule has 0 spiro atoms. The molecule has 3 rings (SSSR count). The molecule has 33 heavy (non-hydrogen) atoms. The monoisotopic (exact) mass is 463 g/mol. The van der Waals surface area contributed by atoms with Crippen molar-refractivity contribution in [1.82, 2.24) is 4.90 Å². The molecule has 6 nitrogen and oxygen atoms in total. The Labute approximate surface area is 198 Å². The van der Waals surface area contributed by atoms with Crippen molar-refractivity contribution in [2.75, 3.05) is 30.4 Å². The molecule has 0 heterocycles. The standard InChI is InChI=1S/C26H26ClN3O3/c1-4-30(5-2)26(33)22-15-14-20(17-23(22)27)28-24(31)18-10-9-11-19(16-18)25(32)29(3)21-12-7-6-8-13-21/h6-17H,4-5H2,1-3H3,(H,28,31). The molecule has 170 valence electrons. The van der Waals surface area contributed by atoms with Gasteiger partial charge >= 0.3 is 0 Å². The predicted octanol–water partition coefficient (Wildman–Crippen LogP) is 5.35. The van der Waals surface area contributed by atoms with Crippen LogP contribution in [0.2, 0.25) is 5.02 Å². The van der Waals surface area contributed by atoms with Gasteiger partial charge < -0.3 is 15.1 Å². The minimum absolute atomic E-state index is 0.156. The van der Waals surface area contributed by atoms with E-state index >= 15 is 0 Å². The van der Waals surface area contributed by atoms with Gasteiger partial charge in [-0.25, -0.2) is 0 Å². The molecular formula is C26H26ClN3O3. The van der Waals surface area contributed by atoms with Crippen molar-refractivity contribution in [3.8, 4) is 0 Å². The second kappa shape index (κ2) is 10.8. The Bertz CT molecular complexity index is 1160. The fourth-order valence-electron chi connectivity index (χ4n) is 3.41. The Hall–Kier alpha value is -3.64. The number of anilines is 2. The minimum Gasteiger partial charge on any atom is -0.339 e. The fourth-order valence-corrected chi connectivity index (χ4v) is 3.67. The zero-order valence-corrected chi connectivity index (χ0v) is 19.6. The highest BCUT2D eigenvalue weighted by molar-refractivity contribution is 6.34. The van der Waals surface area contributed by atoms with Crippen LogP contribution in [0.3, 0.4) is 0 Å². The number of amides is 3. The first kappa shape index (κ1) is 24.0. The maximum atomic E-state index is 12.9. The highest BCUT2D eigenvalue weighted by Crippen LogP contribution is 2.23. The van der Waals surface area contributed by atoms with Crippen LogP contribution < -0.4 is 10.2 Å². The number of para-hydroxylation sites is 1. The fraction of sp³-hybridized carbons (Fsp3) is 0.192. The molecule has 0 bridgehead atoms. The Morgan fingerprint density at radius 2 is 1.48 bits per heavy atom. The first-order chi connectivity index (χ1) is 15.8. The van der Waals surface area contributed by atoms with Gasteiger partial charge in [-0.15, -0.1) is 0 Å². The topological polar surface area (TPSA) is 69.7 Å². The molecule has 0 saturated heterocycles. The van der Waals surface area contributed by atoms with Crippen molar-refractivity contribution in [2.24, 2.45) is 0 Å². The summed E-state index contributed by atoms with van der Waals surface area (Å²) in [4.78, 5) is 41.4.